The highest BCUT2D eigenvalue weighted by Crippen LogP contribution is 2.29. The van der Waals surface area contributed by atoms with Gasteiger partial charge in [-0.25, -0.2) is 0 Å². The van der Waals surface area contributed by atoms with E-state index in [-0.39, 0.29) is 18.4 Å². The molecule has 2 amide bonds. The van der Waals surface area contributed by atoms with E-state index in [0.29, 0.717) is 17.3 Å². The molecule has 0 spiro atoms. The number of benzene rings is 1. The Labute approximate surface area is 151 Å². The van der Waals surface area contributed by atoms with Crippen molar-refractivity contribution in [3.63, 3.8) is 0 Å². The van der Waals surface area contributed by atoms with Gasteiger partial charge in [0.25, 0.3) is 5.91 Å². The fourth-order valence-corrected chi connectivity index (χ4v) is 3.64. The highest BCUT2D eigenvalue weighted by Gasteiger charge is 2.39. The molecule has 1 aliphatic carbocycles. The smallest absolute Gasteiger partial charge is 0.311 e. The monoisotopic (exact) mass is 364 g/mol. The molecule has 1 N–H and O–H groups in total. The van der Waals surface area contributed by atoms with Crippen molar-refractivity contribution in [3.05, 3.63) is 29.3 Å². The number of carbonyl (C=O) groups is 3. The Morgan fingerprint density at radius 3 is 2.68 bits per heavy atom. The summed E-state index contributed by atoms with van der Waals surface area (Å²) in [6, 6.07) is 7.08. The molecular weight excluding hydrogens is 344 g/mol. The molecule has 0 radical (unpaired) electrons. The Kier molecular flexibility index (Phi) is 5.58. The summed E-state index contributed by atoms with van der Waals surface area (Å²) in [4.78, 5) is 38.0. The number of hydrogen-bond donors (Lipinski definition) is 1. The van der Waals surface area contributed by atoms with Gasteiger partial charge in [0.05, 0.1) is 16.6 Å². The van der Waals surface area contributed by atoms with Crippen LogP contribution in [-0.4, -0.2) is 41.9 Å². The Balaban J connectivity index is 1.47. The van der Waals surface area contributed by atoms with Crippen LogP contribution in [0.4, 0.5) is 5.69 Å². The van der Waals surface area contributed by atoms with Crippen LogP contribution in [0.15, 0.2) is 24.3 Å². The molecule has 3 rings (SSSR count). The lowest BCUT2D eigenvalue weighted by Gasteiger charge is -2.23. The zero-order chi connectivity index (χ0) is 17.8. The fraction of sp³-hybridized carbons (Fsp3) is 0.500. The normalized spacial score (nSPS) is 20.8. The molecule has 7 heteroatoms. The van der Waals surface area contributed by atoms with Crippen molar-refractivity contribution < 1.29 is 19.1 Å². The summed E-state index contributed by atoms with van der Waals surface area (Å²) in [5.74, 6) is -1.43. The van der Waals surface area contributed by atoms with E-state index in [0.717, 1.165) is 25.7 Å². The number of nitrogens with zero attached hydrogens (tertiary/aromatic N) is 1. The topological polar surface area (TPSA) is 75.7 Å². The van der Waals surface area contributed by atoms with Gasteiger partial charge in [-0.3, -0.25) is 14.4 Å². The van der Waals surface area contributed by atoms with E-state index in [2.05, 4.69) is 5.32 Å². The number of anilines is 1. The Bertz CT molecular complexity index is 673. The van der Waals surface area contributed by atoms with Gasteiger partial charge < -0.3 is 15.0 Å². The number of ether oxygens (including phenoxy) is 1. The van der Waals surface area contributed by atoms with Crippen molar-refractivity contribution in [2.45, 2.75) is 38.1 Å². The van der Waals surface area contributed by atoms with Gasteiger partial charge in [-0.15, -0.1) is 0 Å². The molecule has 1 saturated heterocycles. The largest absolute Gasteiger partial charge is 0.455 e. The van der Waals surface area contributed by atoms with Gasteiger partial charge in [-0.2, -0.15) is 0 Å². The summed E-state index contributed by atoms with van der Waals surface area (Å²) >= 11 is 5.96. The minimum Gasteiger partial charge on any atom is -0.455 e. The van der Waals surface area contributed by atoms with Crippen LogP contribution >= 0.6 is 11.6 Å². The molecule has 1 aromatic rings. The minimum atomic E-state index is -0.497. The van der Waals surface area contributed by atoms with E-state index in [1.165, 1.54) is 0 Å². The van der Waals surface area contributed by atoms with Crippen molar-refractivity contribution in [2.75, 3.05) is 18.5 Å². The fourth-order valence-electron chi connectivity index (χ4n) is 3.46. The maximum Gasteiger partial charge on any atom is 0.311 e. The molecule has 134 valence electrons. The first-order chi connectivity index (χ1) is 12.0. The second kappa shape index (κ2) is 7.87. The van der Waals surface area contributed by atoms with Gasteiger partial charge >= 0.3 is 5.97 Å². The van der Waals surface area contributed by atoms with Gasteiger partial charge in [-0.05, 0) is 25.0 Å². The molecule has 0 bridgehead atoms. The Hall–Kier alpha value is -2.08. The predicted molar refractivity (Wildman–Crippen MR) is 93.1 cm³/mol. The van der Waals surface area contributed by atoms with Crippen LogP contribution in [0.1, 0.15) is 32.1 Å². The van der Waals surface area contributed by atoms with Crippen molar-refractivity contribution in [1.82, 2.24) is 4.90 Å². The number of para-hydroxylation sites is 1. The summed E-state index contributed by atoms with van der Waals surface area (Å²) in [5.41, 5.74) is 0.466. The van der Waals surface area contributed by atoms with Gasteiger partial charge in [0.1, 0.15) is 0 Å². The summed E-state index contributed by atoms with van der Waals surface area (Å²) in [6.45, 7) is 0.00659. The summed E-state index contributed by atoms with van der Waals surface area (Å²) < 4.78 is 5.09. The van der Waals surface area contributed by atoms with Crippen molar-refractivity contribution in [1.29, 1.82) is 0 Å². The summed E-state index contributed by atoms with van der Waals surface area (Å²) in [6.07, 6.45) is 4.44. The van der Waals surface area contributed by atoms with E-state index in [4.69, 9.17) is 16.3 Å². The molecule has 0 aromatic heterocycles. The van der Waals surface area contributed by atoms with Crippen LogP contribution < -0.4 is 5.32 Å². The number of hydrogen-bond acceptors (Lipinski definition) is 4. The molecule has 1 saturated carbocycles. The predicted octanol–water partition coefficient (Wildman–Crippen LogP) is 2.61. The third-order valence-electron chi connectivity index (χ3n) is 4.75. The highest BCUT2D eigenvalue weighted by molar-refractivity contribution is 6.33. The van der Waals surface area contributed by atoms with Gasteiger partial charge in [0.2, 0.25) is 5.91 Å². The molecule has 0 unspecified atom stereocenters. The Morgan fingerprint density at radius 2 is 1.96 bits per heavy atom. The van der Waals surface area contributed by atoms with Crippen molar-refractivity contribution >= 4 is 35.1 Å². The van der Waals surface area contributed by atoms with Gasteiger partial charge in [-0.1, -0.05) is 36.6 Å². The van der Waals surface area contributed by atoms with E-state index in [1.54, 1.807) is 24.3 Å². The van der Waals surface area contributed by atoms with Crippen molar-refractivity contribution in [2.24, 2.45) is 5.92 Å². The SMILES string of the molecule is O=C(COC(=O)[C@@H]1CC(=O)N(C2CCCC2)C1)Nc1ccccc1Cl. The van der Waals surface area contributed by atoms with E-state index in [1.807, 2.05) is 4.90 Å². The van der Waals surface area contributed by atoms with Crippen LogP contribution in [-0.2, 0) is 19.1 Å². The summed E-state index contributed by atoms with van der Waals surface area (Å²) in [5, 5.41) is 3.01. The molecule has 1 aromatic carbocycles. The molecule has 25 heavy (non-hydrogen) atoms. The standard InChI is InChI=1S/C18H21ClN2O4/c19-14-7-3-4-8-15(14)20-16(22)11-25-18(24)12-9-17(23)21(10-12)13-5-1-2-6-13/h3-4,7-8,12-13H,1-2,5-6,9-11H2,(H,20,22)/t12-/m1/s1. The lowest BCUT2D eigenvalue weighted by Crippen LogP contribution is -2.35. The van der Waals surface area contributed by atoms with Gasteiger partial charge in [0.15, 0.2) is 6.61 Å². The van der Waals surface area contributed by atoms with Gasteiger partial charge in [0, 0.05) is 19.0 Å². The number of amides is 2. The average molecular weight is 365 g/mol. The second-order valence-electron chi connectivity index (χ2n) is 6.52. The lowest BCUT2D eigenvalue weighted by atomic mass is 10.1. The third-order valence-corrected chi connectivity index (χ3v) is 5.08. The number of nitrogens with one attached hydrogen (secondary N) is 1. The molecule has 1 heterocycles. The zero-order valence-electron chi connectivity index (χ0n) is 13.9. The first kappa shape index (κ1) is 17.7. The quantitative estimate of drug-likeness (QED) is 0.815. The van der Waals surface area contributed by atoms with Crippen LogP contribution in [0.5, 0.6) is 0 Å². The number of likely N-dealkylation sites (tertiary alicyclic amines) is 1. The minimum absolute atomic E-state index is 0.00867. The van der Waals surface area contributed by atoms with Crippen molar-refractivity contribution in [3.8, 4) is 0 Å². The van der Waals surface area contributed by atoms with E-state index >= 15 is 0 Å². The molecular formula is C18H21ClN2O4. The van der Waals surface area contributed by atoms with Crippen LogP contribution in [0.3, 0.4) is 0 Å². The first-order valence-corrected chi connectivity index (χ1v) is 8.93. The Morgan fingerprint density at radius 1 is 1.24 bits per heavy atom. The molecule has 2 fully saturated rings. The molecule has 1 aliphatic heterocycles. The molecule has 2 aliphatic rings. The molecule has 1 atom stereocenters. The maximum atomic E-state index is 12.2. The van der Waals surface area contributed by atoms with Crippen LogP contribution in [0.25, 0.3) is 0 Å². The number of rotatable bonds is 5. The average Bonchev–Trinajstić information content (AvgIpc) is 3.24. The van der Waals surface area contributed by atoms with E-state index in [9.17, 15) is 14.4 Å². The number of esters is 1. The first-order valence-electron chi connectivity index (χ1n) is 8.55. The zero-order valence-corrected chi connectivity index (χ0v) is 14.6. The molecule has 6 nitrogen and oxygen atoms in total. The third kappa shape index (κ3) is 4.31. The number of halogens is 1. The van der Waals surface area contributed by atoms with E-state index < -0.39 is 24.4 Å². The highest BCUT2D eigenvalue weighted by atomic mass is 35.5. The lowest BCUT2D eigenvalue weighted by molar-refractivity contribution is -0.151. The maximum absolute atomic E-state index is 12.2. The second-order valence-corrected chi connectivity index (χ2v) is 6.93. The van der Waals surface area contributed by atoms with Crippen LogP contribution in [0.2, 0.25) is 5.02 Å². The number of carbonyl (C=O) groups excluding carboxylic acids is 3. The summed E-state index contributed by atoms with van der Waals surface area (Å²) in [7, 11) is 0. The van der Waals surface area contributed by atoms with Crippen LogP contribution in [0, 0.1) is 5.92 Å².